The molecule has 114 valence electrons. The quantitative estimate of drug-likeness (QED) is 0.843. The molecule has 0 aliphatic rings. The van der Waals surface area contributed by atoms with Gasteiger partial charge in [0.15, 0.2) is 5.65 Å². The van der Waals surface area contributed by atoms with Crippen molar-refractivity contribution in [2.75, 3.05) is 0 Å². The average molecular weight is 310 g/mol. The van der Waals surface area contributed by atoms with Crippen molar-refractivity contribution in [2.45, 2.75) is 52.0 Å². The van der Waals surface area contributed by atoms with Gasteiger partial charge in [0.05, 0.1) is 5.02 Å². The number of pyridine rings is 1. The van der Waals surface area contributed by atoms with Crippen LogP contribution in [0.15, 0.2) is 12.3 Å². The maximum absolute atomic E-state index is 10.7. The highest BCUT2D eigenvalue weighted by Gasteiger charge is 2.18. The Labute approximate surface area is 129 Å². The number of nitrogens with zero attached hydrogens (tertiary/aromatic N) is 3. The van der Waals surface area contributed by atoms with E-state index in [1.807, 2.05) is 10.6 Å². The van der Waals surface area contributed by atoms with E-state index in [9.17, 15) is 4.79 Å². The number of hydrogen-bond donors (Lipinski definition) is 1. The molecule has 0 radical (unpaired) electrons. The minimum Gasteiger partial charge on any atom is -0.481 e. The van der Waals surface area contributed by atoms with Gasteiger partial charge in [-0.1, -0.05) is 25.4 Å². The van der Waals surface area contributed by atoms with Crippen LogP contribution in [0.4, 0.5) is 0 Å². The molecule has 6 heteroatoms. The van der Waals surface area contributed by atoms with Crippen LogP contribution in [0.1, 0.15) is 51.3 Å². The lowest BCUT2D eigenvalue weighted by Gasteiger charge is -2.14. The predicted molar refractivity (Wildman–Crippen MR) is 82.7 cm³/mol. The molecule has 0 aliphatic carbocycles. The summed E-state index contributed by atoms with van der Waals surface area (Å²) in [5.74, 6) is 0.553. The van der Waals surface area contributed by atoms with Crippen molar-refractivity contribution in [3.05, 3.63) is 23.1 Å². The molecule has 0 bridgehead atoms. The van der Waals surface area contributed by atoms with Crippen molar-refractivity contribution >= 4 is 28.7 Å². The Morgan fingerprint density at radius 2 is 2.14 bits per heavy atom. The van der Waals surface area contributed by atoms with Gasteiger partial charge >= 0.3 is 5.97 Å². The molecule has 0 atom stereocenters. The highest BCUT2D eigenvalue weighted by molar-refractivity contribution is 6.31. The molecule has 0 aliphatic heterocycles. The summed E-state index contributed by atoms with van der Waals surface area (Å²) in [5, 5.41) is 9.37. The molecule has 0 saturated heterocycles. The summed E-state index contributed by atoms with van der Waals surface area (Å²) < 4.78 is 2.05. The number of aromatic nitrogens is 3. The standard InChI is InChI=1S/C15H20ClN3O2/c1-3-10(4-2)14-18-12-8-11(16)9-17-15(12)19(14)7-5-6-13(20)21/h8-10H,3-7H2,1-2H3,(H,20,21). The van der Waals surface area contributed by atoms with E-state index in [2.05, 4.69) is 23.8 Å². The summed E-state index contributed by atoms with van der Waals surface area (Å²) in [6, 6.07) is 1.81. The Morgan fingerprint density at radius 3 is 2.76 bits per heavy atom. The highest BCUT2D eigenvalue weighted by Crippen LogP contribution is 2.27. The number of carboxylic acids is 1. The molecule has 0 aromatic carbocycles. The molecule has 1 N–H and O–H groups in total. The minimum absolute atomic E-state index is 0.148. The topological polar surface area (TPSA) is 68.0 Å². The first-order chi connectivity index (χ1) is 10.1. The van der Waals surface area contributed by atoms with Gasteiger partial charge in [-0.2, -0.15) is 0 Å². The second kappa shape index (κ2) is 6.89. The summed E-state index contributed by atoms with van der Waals surface area (Å²) in [7, 11) is 0. The number of carbonyl (C=O) groups is 1. The molecule has 5 nitrogen and oxygen atoms in total. The van der Waals surface area contributed by atoms with Crippen molar-refractivity contribution in [3.8, 4) is 0 Å². The molecule has 0 spiro atoms. The number of imidazole rings is 1. The van der Waals surface area contributed by atoms with Crippen molar-refractivity contribution in [1.29, 1.82) is 0 Å². The van der Waals surface area contributed by atoms with E-state index in [4.69, 9.17) is 16.7 Å². The molecule has 2 aromatic rings. The zero-order chi connectivity index (χ0) is 15.4. The maximum atomic E-state index is 10.7. The van der Waals surface area contributed by atoms with Crippen molar-refractivity contribution < 1.29 is 9.90 Å². The fourth-order valence-electron chi connectivity index (χ4n) is 2.58. The van der Waals surface area contributed by atoms with E-state index in [1.165, 1.54) is 0 Å². The number of aliphatic carboxylic acids is 1. The average Bonchev–Trinajstić information content (AvgIpc) is 2.78. The number of fused-ring (bicyclic) bond motifs is 1. The third-order valence-corrected chi connectivity index (χ3v) is 3.91. The van der Waals surface area contributed by atoms with Crippen molar-refractivity contribution in [2.24, 2.45) is 0 Å². The summed E-state index contributed by atoms with van der Waals surface area (Å²) in [6.45, 7) is 4.88. The predicted octanol–water partition coefficient (Wildman–Crippen LogP) is 3.85. The number of aryl methyl sites for hydroxylation is 1. The molecule has 2 aromatic heterocycles. The van der Waals surface area contributed by atoms with Gasteiger partial charge in [0.2, 0.25) is 0 Å². The van der Waals surface area contributed by atoms with E-state index in [0.29, 0.717) is 23.9 Å². The van der Waals surface area contributed by atoms with Crippen LogP contribution in [0.25, 0.3) is 11.2 Å². The Morgan fingerprint density at radius 1 is 1.43 bits per heavy atom. The lowest BCUT2D eigenvalue weighted by atomic mass is 10.0. The van der Waals surface area contributed by atoms with E-state index in [1.54, 1.807) is 6.20 Å². The van der Waals surface area contributed by atoms with Crippen LogP contribution in [0.2, 0.25) is 5.02 Å². The van der Waals surface area contributed by atoms with E-state index < -0.39 is 5.97 Å². The van der Waals surface area contributed by atoms with Crippen LogP contribution in [0.3, 0.4) is 0 Å². The van der Waals surface area contributed by atoms with Crippen molar-refractivity contribution in [1.82, 2.24) is 14.5 Å². The lowest BCUT2D eigenvalue weighted by Crippen LogP contribution is -2.10. The molecule has 0 fully saturated rings. The largest absolute Gasteiger partial charge is 0.481 e. The molecule has 2 heterocycles. The van der Waals surface area contributed by atoms with Gasteiger partial charge < -0.3 is 9.67 Å². The Balaban J connectivity index is 2.41. The SMILES string of the molecule is CCC(CC)c1nc2cc(Cl)cnc2n1CCCC(=O)O. The first-order valence-corrected chi connectivity index (χ1v) is 7.68. The first kappa shape index (κ1) is 15.8. The third-order valence-electron chi connectivity index (χ3n) is 3.70. The van der Waals surface area contributed by atoms with Gasteiger partial charge in [-0.05, 0) is 25.3 Å². The zero-order valence-corrected chi connectivity index (χ0v) is 13.1. The van der Waals surface area contributed by atoms with Gasteiger partial charge in [-0.25, -0.2) is 9.97 Å². The normalized spacial score (nSPS) is 11.4. The molecule has 2 rings (SSSR count). The van der Waals surface area contributed by atoms with Gasteiger partial charge in [0, 0.05) is 25.1 Å². The number of rotatable bonds is 7. The minimum atomic E-state index is -0.778. The third kappa shape index (κ3) is 3.53. The Bertz CT molecular complexity index is 635. The van der Waals surface area contributed by atoms with Gasteiger partial charge in [0.25, 0.3) is 0 Å². The monoisotopic (exact) mass is 309 g/mol. The number of halogens is 1. The summed E-state index contributed by atoms with van der Waals surface area (Å²) >= 11 is 5.98. The Kier molecular flexibility index (Phi) is 5.17. The zero-order valence-electron chi connectivity index (χ0n) is 12.3. The highest BCUT2D eigenvalue weighted by atomic mass is 35.5. The Hall–Kier alpha value is -1.62. The molecule has 0 amide bonds. The molecular weight excluding hydrogens is 290 g/mol. The fraction of sp³-hybridized carbons (Fsp3) is 0.533. The number of carboxylic acid groups (broad SMARTS) is 1. The summed E-state index contributed by atoms with van der Waals surface area (Å²) in [6.07, 6.45) is 4.31. The van der Waals surface area contributed by atoms with Gasteiger partial charge in [-0.3, -0.25) is 4.79 Å². The molecular formula is C15H20ClN3O2. The van der Waals surface area contributed by atoms with Crippen LogP contribution in [0, 0.1) is 0 Å². The van der Waals surface area contributed by atoms with Gasteiger partial charge in [0.1, 0.15) is 11.3 Å². The van der Waals surface area contributed by atoms with Crippen LogP contribution in [-0.4, -0.2) is 25.6 Å². The second-order valence-corrected chi connectivity index (χ2v) is 5.57. The maximum Gasteiger partial charge on any atom is 0.303 e. The smallest absolute Gasteiger partial charge is 0.303 e. The van der Waals surface area contributed by atoms with Gasteiger partial charge in [-0.15, -0.1) is 0 Å². The first-order valence-electron chi connectivity index (χ1n) is 7.30. The number of hydrogen-bond acceptors (Lipinski definition) is 3. The molecule has 0 saturated carbocycles. The van der Waals surface area contributed by atoms with Crippen LogP contribution in [-0.2, 0) is 11.3 Å². The van der Waals surface area contributed by atoms with Crippen LogP contribution < -0.4 is 0 Å². The van der Waals surface area contributed by atoms with Crippen LogP contribution in [0.5, 0.6) is 0 Å². The summed E-state index contributed by atoms with van der Waals surface area (Å²) in [5.41, 5.74) is 1.56. The van der Waals surface area contributed by atoms with E-state index >= 15 is 0 Å². The lowest BCUT2D eigenvalue weighted by molar-refractivity contribution is -0.137. The van der Waals surface area contributed by atoms with Crippen LogP contribution >= 0.6 is 11.6 Å². The van der Waals surface area contributed by atoms with E-state index in [-0.39, 0.29) is 6.42 Å². The molecule has 21 heavy (non-hydrogen) atoms. The second-order valence-electron chi connectivity index (χ2n) is 5.13. The fourth-order valence-corrected chi connectivity index (χ4v) is 2.73. The summed E-state index contributed by atoms with van der Waals surface area (Å²) in [4.78, 5) is 19.8. The van der Waals surface area contributed by atoms with Crippen molar-refractivity contribution in [3.63, 3.8) is 0 Å². The van der Waals surface area contributed by atoms with E-state index in [0.717, 1.165) is 29.8 Å². The molecule has 0 unspecified atom stereocenters.